The SMILES string of the molecule is COc1ccc(CC(=O)N[C@@H]2CC(C)(C)Cc3nc(-c4ccncc4)ncc32)cc1. The topological polar surface area (TPSA) is 77.0 Å². The Labute approximate surface area is 176 Å². The minimum absolute atomic E-state index is 0.00738. The Balaban J connectivity index is 1.54. The lowest BCUT2D eigenvalue weighted by atomic mass is 9.74. The summed E-state index contributed by atoms with van der Waals surface area (Å²) >= 11 is 0. The molecule has 154 valence electrons. The molecule has 6 nitrogen and oxygen atoms in total. The van der Waals surface area contributed by atoms with Crippen LogP contribution in [0.4, 0.5) is 0 Å². The predicted molar refractivity (Wildman–Crippen MR) is 115 cm³/mol. The van der Waals surface area contributed by atoms with Gasteiger partial charge in [0.2, 0.25) is 5.91 Å². The van der Waals surface area contributed by atoms with Gasteiger partial charge in [0, 0.05) is 29.7 Å². The molecule has 1 aromatic carbocycles. The van der Waals surface area contributed by atoms with E-state index in [0.717, 1.165) is 41.0 Å². The summed E-state index contributed by atoms with van der Waals surface area (Å²) in [5.41, 5.74) is 3.94. The maximum Gasteiger partial charge on any atom is 0.224 e. The van der Waals surface area contributed by atoms with E-state index in [9.17, 15) is 4.79 Å². The molecule has 1 N–H and O–H groups in total. The molecule has 6 heteroatoms. The molecular weight excluding hydrogens is 376 g/mol. The van der Waals surface area contributed by atoms with E-state index in [2.05, 4.69) is 29.1 Å². The van der Waals surface area contributed by atoms with Gasteiger partial charge in [-0.1, -0.05) is 26.0 Å². The van der Waals surface area contributed by atoms with Gasteiger partial charge in [-0.25, -0.2) is 9.97 Å². The largest absolute Gasteiger partial charge is 0.497 e. The summed E-state index contributed by atoms with van der Waals surface area (Å²) in [6, 6.07) is 11.3. The molecule has 3 aromatic rings. The van der Waals surface area contributed by atoms with Crippen molar-refractivity contribution >= 4 is 5.91 Å². The van der Waals surface area contributed by atoms with Crippen LogP contribution in [0.25, 0.3) is 11.4 Å². The number of nitrogens with one attached hydrogen (secondary N) is 1. The van der Waals surface area contributed by atoms with Crippen LogP contribution in [-0.2, 0) is 17.6 Å². The van der Waals surface area contributed by atoms with Crippen LogP contribution in [0.2, 0.25) is 0 Å². The van der Waals surface area contributed by atoms with E-state index < -0.39 is 0 Å². The molecule has 0 saturated heterocycles. The first-order valence-electron chi connectivity index (χ1n) is 10.1. The van der Waals surface area contributed by atoms with E-state index in [1.54, 1.807) is 19.5 Å². The summed E-state index contributed by atoms with van der Waals surface area (Å²) in [5, 5.41) is 3.21. The van der Waals surface area contributed by atoms with Gasteiger partial charge in [0.25, 0.3) is 0 Å². The zero-order valence-electron chi connectivity index (χ0n) is 17.6. The molecule has 2 heterocycles. The second-order valence-corrected chi connectivity index (χ2v) is 8.52. The first-order valence-corrected chi connectivity index (χ1v) is 10.1. The molecule has 1 amide bonds. The van der Waals surface area contributed by atoms with Gasteiger partial charge in [0.1, 0.15) is 5.75 Å². The number of fused-ring (bicyclic) bond motifs is 1. The Kier molecular flexibility index (Phi) is 5.48. The number of aromatic nitrogens is 3. The van der Waals surface area contributed by atoms with Crippen LogP contribution in [0.5, 0.6) is 5.75 Å². The minimum atomic E-state index is -0.0963. The average molecular weight is 402 g/mol. The van der Waals surface area contributed by atoms with E-state index in [4.69, 9.17) is 9.72 Å². The van der Waals surface area contributed by atoms with E-state index in [1.165, 1.54) is 0 Å². The molecule has 0 saturated carbocycles. The van der Waals surface area contributed by atoms with Crippen LogP contribution in [0.3, 0.4) is 0 Å². The lowest BCUT2D eigenvalue weighted by Crippen LogP contribution is -2.37. The van der Waals surface area contributed by atoms with Crippen molar-refractivity contribution in [2.45, 2.75) is 39.2 Å². The molecule has 1 aliphatic carbocycles. The fourth-order valence-corrected chi connectivity index (χ4v) is 3.99. The molecule has 0 aliphatic heterocycles. The zero-order valence-corrected chi connectivity index (χ0v) is 17.6. The maximum absolute atomic E-state index is 12.8. The summed E-state index contributed by atoms with van der Waals surface area (Å²) in [4.78, 5) is 26.2. The summed E-state index contributed by atoms with van der Waals surface area (Å²) in [5.74, 6) is 1.47. The number of benzene rings is 1. The Morgan fingerprint density at radius 1 is 1.17 bits per heavy atom. The molecule has 0 bridgehead atoms. The van der Waals surface area contributed by atoms with E-state index in [-0.39, 0.29) is 17.4 Å². The third-order valence-electron chi connectivity index (χ3n) is 5.48. The molecule has 2 aromatic heterocycles. The number of methoxy groups -OCH3 is 1. The molecular formula is C24H26N4O2. The zero-order chi connectivity index (χ0) is 21.1. The number of pyridine rings is 1. The molecule has 0 spiro atoms. The van der Waals surface area contributed by atoms with E-state index >= 15 is 0 Å². The number of amides is 1. The average Bonchev–Trinajstić information content (AvgIpc) is 2.73. The second-order valence-electron chi connectivity index (χ2n) is 8.52. The summed E-state index contributed by atoms with van der Waals surface area (Å²) < 4.78 is 5.18. The predicted octanol–water partition coefficient (Wildman–Crippen LogP) is 3.92. The molecule has 0 unspecified atom stereocenters. The highest BCUT2D eigenvalue weighted by molar-refractivity contribution is 5.79. The quantitative estimate of drug-likeness (QED) is 0.700. The van der Waals surface area contributed by atoms with Crippen molar-refractivity contribution in [1.29, 1.82) is 0 Å². The highest BCUT2D eigenvalue weighted by atomic mass is 16.5. The fourth-order valence-electron chi connectivity index (χ4n) is 3.99. The second kappa shape index (κ2) is 8.22. The minimum Gasteiger partial charge on any atom is -0.497 e. The summed E-state index contributed by atoms with van der Waals surface area (Å²) in [7, 11) is 1.63. The first-order chi connectivity index (χ1) is 14.4. The van der Waals surface area contributed by atoms with Gasteiger partial charge in [0.05, 0.1) is 25.3 Å². The number of carbonyl (C=O) groups is 1. The van der Waals surface area contributed by atoms with Gasteiger partial charge in [0.15, 0.2) is 5.82 Å². The maximum atomic E-state index is 12.8. The molecule has 0 radical (unpaired) electrons. The van der Waals surface area contributed by atoms with Crippen LogP contribution in [-0.4, -0.2) is 28.0 Å². The van der Waals surface area contributed by atoms with Crippen molar-refractivity contribution in [2.75, 3.05) is 7.11 Å². The van der Waals surface area contributed by atoms with Crippen LogP contribution < -0.4 is 10.1 Å². The Morgan fingerprint density at radius 2 is 1.90 bits per heavy atom. The van der Waals surface area contributed by atoms with Crippen molar-refractivity contribution in [3.63, 3.8) is 0 Å². The van der Waals surface area contributed by atoms with E-state index in [0.29, 0.717) is 12.2 Å². The first kappa shape index (κ1) is 20.0. The van der Waals surface area contributed by atoms with Gasteiger partial charge < -0.3 is 10.1 Å². The van der Waals surface area contributed by atoms with Crippen LogP contribution in [0.1, 0.15) is 43.1 Å². The number of nitrogens with zero attached hydrogens (tertiary/aromatic N) is 3. The highest BCUT2D eigenvalue weighted by Crippen LogP contribution is 2.40. The third kappa shape index (κ3) is 4.48. The Bertz CT molecular complexity index is 1030. The lowest BCUT2D eigenvalue weighted by molar-refractivity contribution is -0.121. The van der Waals surface area contributed by atoms with Crippen molar-refractivity contribution in [3.05, 3.63) is 71.8 Å². The third-order valence-corrected chi connectivity index (χ3v) is 5.48. The van der Waals surface area contributed by atoms with Gasteiger partial charge in [-0.2, -0.15) is 0 Å². The number of hydrogen-bond donors (Lipinski definition) is 1. The van der Waals surface area contributed by atoms with Crippen LogP contribution >= 0.6 is 0 Å². The molecule has 1 aliphatic rings. The fraction of sp³-hybridized carbons (Fsp3) is 0.333. The van der Waals surface area contributed by atoms with Gasteiger partial charge in [-0.15, -0.1) is 0 Å². The van der Waals surface area contributed by atoms with Gasteiger partial charge in [-0.05, 0) is 48.1 Å². The monoisotopic (exact) mass is 402 g/mol. The normalized spacial score (nSPS) is 17.1. The van der Waals surface area contributed by atoms with Crippen molar-refractivity contribution in [3.8, 4) is 17.1 Å². The number of ether oxygens (including phenoxy) is 1. The lowest BCUT2D eigenvalue weighted by Gasteiger charge is -2.36. The summed E-state index contributed by atoms with van der Waals surface area (Å²) in [6.07, 6.45) is 7.38. The van der Waals surface area contributed by atoms with Gasteiger partial charge >= 0.3 is 0 Å². The molecule has 30 heavy (non-hydrogen) atoms. The van der Waals surface area contributed by atoms with Crippen molar-refractivity contribution < 1.29 is 9.53 Å². The van der Waals surface area contributed by atoms with Crippen LogP contribution in [0.15, 0.2) is 55.0 Å². The smallest absolute Gasteiger partial charge is 0.224 e. The number of hydrogen-bond acceptors (Lipinski definition) is 5. The molecule has 1 atom stereocenters. The molecule has 0 fully saturated rings. The highest BCUT2D eigenvalue weighted by Gasteiger charge is 2.34. The number of rotatable bonds is 5. The van der Waals surface area contributed by atoms with Crippen molar-refractivity contribution in [1.82, 2.24) is 20.3 Å². The Hall–Kier alpha value is -3.28. The standard InChI is InChI=1S/C24H26N4O2/c1-24(2)13-20(27-22(29)12-16-4-6-18(30-3)7-5-16)19-15-26-23(28-21(19)14-24)17-8-10-25-11-9-17/h4-11,15,20H,12-14H2,1-3H3,(H,27,29)/t20-/m1/s1. The number of carbonyl (C=O) groups excluding carboxylic acids is 1. The van der Waals surface area contributed by atoms with Crippen molar-refractivity contribution in [2.24, 2.45) is 5.41 Å². The van der Waals surface area contributed by atoms with Crippen LogP contribution in [0, 0.1) is 5.41 Å². The van der Waals surface area contributed by atoms with E-state index in [1.807, 2.05) is 42.6 Å². The van der Waals surface area contributed by atoms with Gasteiger partial charge in [-0.3, -0.25) is 9.78 Å². The summed E-state index contributed by atoms with van der Waals surface area (Å²) in [6.45, 7) is 4.43. The molecule has 4 rings (SSSR count). The Morgan fingerprint density at radius 3 is 2.60 bits per heavy atom.